The van der Waals surface area contributed by atoms with Crippen molar-refractivity contribution in [3.05, 3.63) is 90.0 Å². The molecule has 0 aliphatic rings. The molecule has 0 bridgehead atoms. The molecule has 0 heterocycles. The number of hydrogen-bond acceptors (Lipinski definition) is 5. The molecule has 8 heteroatoms. The minimum Gasteiger partial charge on any atom is -0.494 e. The maximum absolute atomic E-state index is 13.5. The van der Waals surface area contributed by atoms with Crippen molar-refractivity contribution in [1.82, 2.24) is 5.43 Å². The van der Waals surface area contributed by atoms with Crippen LogP contribution >= 0.6 is 0 Å². The van der Waals surface area contributed by atoms with E-state index in [-0.39, 0.29) is 4.90 Å². The normalized spacial score (nSPS) is 11.7. The summed E-state index contributed by atoms with van der Waals surface area (Å²) in [6, 6.07) is 22.6. The third kappa shape index (κ3) is 6.02. The SMILES string of the molecule is CCOc1ccc(/C(C)=N\NC(=O)CN(c2ccccc2CC)S(=O)(=O)c2ccccc2)cc1. The molecule has 0 spiro atoms. The van der Waals surface area contributed by atoms with Crippen LogP contribution < -0.4 is 14.5 Å². The molecule has 34 heavy (non-hydrogen) atoms. The molecule has 0 saturated carbocycles. The molecule has 0 radical (unpaired) electrons. The first-order valence-corrected chi connectivity index (χ1v) is 12.5. The van der Waals surface area contributed by atoms with Crippen LogP contribution in [0.4, 0.5) is 5.69 Å². The average Bonchev–Trinajstić information content (AvgIpc) is 2.87. The van der Waals surface area contributed by atoms with Gasteiger partial charge in [0.05, 0.1) is 22.9 Å². The maximum atomic E-state index is 13.5. The van der Waals surface area contributed by atoms with E-state index in [0.29, 0.717) is 24.4 Å². The first kappa shape index (κ1) is 25.0. The summed E-state index contributed by atoms with van der Waals surface area (Å²) >= 11 is 0. The van der Waals surface area contributed by atoms with E-state index in [1.807, 2.05) is 50.2 Å². The lowest BCUT2D eigenvalue weighted by molar-refractivity contribution is -0.119. The van der Waals surface area contributed by atoms with Gasteiger partial charge in [0.2, 0.25) is 0 Å². The highest BCUT2D eigenvalue weighted by Crippen LogP contribution is 2.27. The molecule has 0 aliphatic carbocycles. The Bertz CT molecular complexity index is 1240. The number of sulfonamides is 1. The number of benzene rings is 3. The van der Waals surface area contributed by atoms with Crippen molar-refractivity contribution < 1.29 is 17.9 Å². The zero-order chi connectivity index (χ0) is 24.6. The van der Waals surface area contributed by atoms with E-state index >= 15 is 0 Å². The van der Waals surface area contributed by atoms with Crippen molar-refractivity contribution >= 4 is 27.3 Å². The number of anilines is 1. The molecule has 3 aromatic carbocycles. The Kier molecular flexibility index (Phi) is 8.43. The van der Waals surface area contributed by atoms with Gasteiger partial charge in [-0.1, -0.05) is 43.3 Å². The second kappa shape index (κ2) is 11.5. The number of hydrazone groups is 1. The minimum absolute atomic E-state index is 0.114. The number of hydrogen-bond donors (Lipinski definition) is 1. The summed E-state index contributed by atoms with van der Waals surface area (Å²) in [5.41, 5.74) is 5.19. The van der Waals surface area contributed by atoms with E-state index in [1.54, 1.807) is 37.3 Å². The standard InChI is InChI=1S/C26H29N3O4S/c1-4-21-11-9-10-14-25(21)29(34(31,32)24-12-7-6-8-13-24)19-26(30)28-27-20(3)22-15-17-23(18-16-22)33-5-2/h6-18H,4-5,19H2,1-3H3,(H,28,30)/b27-20-. The van der Waals surface area contributed by atoms with Crippen molar-refractivity contribution in [3.8, 4) is 5.75 Å². The number of carbonyl (C=O) groups excluding carboxylic acids is 1. The number of ether oxygens (including phenoxy) is 1. The number of amides is 1. The van der Waals surface area contributed by atoms with Gasteiger partial charge in [-0.2, -0.15) is 5.10 Å². The van der Waals surface area contributed by atoms with Crippen molar-refractivity contribution in [2.75, 3.05) is 17.5 Å². The van der Waals surface area contributed by atoms with Crippen LogP contribution in [0.15, 0.2) is 88.9 Å². The highest BCUT2D eigenvalue weighted by Gasteiger charge is 2.28. The Balaban J connectivity index is 1.85. The van der Waals surface area contributed by atoms with Gasteiger partial charge < -0.3 is 4.74 Å². The maximum Gasteiger partial charge on any atom is 0.264 e. The number of nitrogens with one attached hydrogen (secondary N) is 1. The molecule has 0 aliphatic heterocycles. The smallest absolute Gasteiger partial charge is 0.264 e. The Morgan fingerprint density at radius 2 is 1.59 bits per heavy atom. The van der Waals surface area contributed by atoms with E-state index in [9.17, 15) is 13.2 Å². The van der Waals surface area contributed by atoms with Gasteiger partial charge in [0, 0.05) is 0 Å². The Labute approximate surface area is 201 Å². The molecule has 0 atom stereocenters. The molecule has 1 amide bonds. The predicted molar refractivity (Wildman–Crippen MR) is 135 cm³/mol. The number of nitrogens with zero attached hydrogens (tertiary/aromatic N) is 2. The fourth-order valence-electron chi connectivity index (χ4n) is 3.41. The van der Waals surface area contributed by atoms with Crippen LogP contribution in [0.25, 0.3) is 0 Å². The predicted octanol–water partition coefficient (Wildman–Crippen LogP) is 4.38. The second-order valence-corrected chi connectivity index (χ2v) is 9.36. The highest BCUT2D eigenvalue weighted by atomic mass is 32.2. The Morgan fingerprint density at radius 3 is 2.24 bits per heavy atom. The van der Waals surface area contributed by atoms with Crippen molar-refractivity contribution in [2.24, 2.45) is 5.10 Å². The van der Waals surface area contributed by atoms with Crippen LogP contribution in [-0.2, 0) is 21.2 Å². The molecular weight excluding hydrogens is 450 g/mol. The number of aryl methyl sites for hydroxylation is 1. The van der Waals surface area contributed by atoms with Gasteiger partial charge in [0.25, 0.3) is 15.9 Å². The second-order valence-electron chi connectivity index (χ2n) is 7.50. The van der Waals surface area contributed by atoms with Gasteiger partial charge in [-0.15, -0.1) is 0 Å². The third-order valence-electron chi connectivity index (χ3n) is 5.19. The summed E-state index contributed by atoms with van der Waals surface area (Å²) in [5, 5.41) is 4.17. The van der Waals surface area contributed by atoms with E-state index in [0.717, 1.165) is 21.2 Å². The molecule has 3 rings (SSSR count). The quantitative estimate of drug-likeness (QED) is 0.345. The van der Waals surface area contributed by atoms with Gasteiger partial charge in [-0.3, -0.25) is 9.10 Å². The molecule has 7 nitrogen and oxygen atoms in total. The van der Waals surface area contributed by atoms with Crippen molar-refractivity contribution in [2.45, 2.75) is 32.1 Å². The molecule has 0 fully saturated rings. The fraction of sp³-hybridized carbons (Fsp3) is 0.231. The average molecular weight is 480 g/mol. The molecule has 3 aromatic rings. The highest BCUT2D eigenvalue weighted by molar-refractivity contribution is 7.92. The Morgan fingerprint density at radius 1 is 0.941 bits per heavy atom. The van der Waals surface area contributed by atoms with Gasteiger partial charge in [-0.05, 0) is 73.9 Å². The van der Waals surface area contributed by atoms with Gasteiger partial charge in [0.15, 0.2) is 0 Å². The first-order valence-electron chi connectivity index (χ1n) is 11.1. The summed E-state index contributed by atoms with van der Waals surface area (Å²) in [5.74, 6) is 0.204. The zero-order valence-electron chi connectivity index (χ0n) is 19.6. The summed E-state index contributed by atoms with van der Waals surface area (Å²) in [4.78, 5) is 12.9. The number of carbonyl (C=O) groups is 1. The lowest BCUT2D eigenvalue weighted by Gasteiger charge is -2.25. The van der Waals surface area contributed by atoms with E-state index in [4.69, 9.17) is 4.74 Å². The van der Waals surface area contributed by atoms with Crippen LogP contribution in [0.3, 0.4) is 0 Å². The largest absolute Gasteiger partial charge is 0.494 e. The molecule has 178 valence electrons. The van der Waals surface area contributed by atoms with E-state index in [2.05, 4.69) is 10.5 Å². The Hall–Kier alpha value is -3.65. The first-order chi connectivity index (χ1) is 16.4. The summed E-state index contributed by atoms with van der Waals surface area (Å²) < 4.78 is 33.5. The topological polar surface area (TPSA) is 88.1 Å². The van der Waals surface area contributed by atoms with Crippen LogP contribution in [0, 0.1) is 0 Å². The van der Waals surface area contributed by atoms with Crippen LogP contribution in [-0.4, -0.2) is 33.2 Å². The van der Waals surface area contributed by atoms with Crippen molar-refractivity contribution in [3.63, 3.8) is 0 Å². The zero-order valence-corrected chi connectivity index (χ0v) is 20.4. The van der Waals surface area contributed by atoms with E-state index in [1.165, 1.54) is 12.1 Å². The minimum atomic E-state index is -3.97. The molecular formula is C26H29N3O4S. The molecule has 0 saturated heterocycles. The lowest BCUT2D eigenvalue weighted by atomic mass is 10.1. The van der Waals surface area contributed by atoms with E-state index < -0.39 is 22.5 Å². The third-order valence-corrected chi connectivity index (χ3v) is 6.96. The fourth-order valence-corrected chi connectivity index (χ4v) is 4.89. The van der Waals surface area contributed by atoms with Crippen LogP contribution in [0.1, 0.15) is 31.9 Å². The van der Waals surface area contributed by atoms with Crippen LogP contribution in [0.5, 0.6) is 5.75 Å². The summed E-state index contributed by atoms with van der Waals surface area (Å²) in [6.07, 6.45) is 0.619. The van der Waals surface area contributed by atoms with Gasteiger partial charge >= 0.3 is 0 Å². The number of para-hydroxylation sites is 1. The van der Waals surface area contributed by atoms with Gasteiger partial charge in [0.1, 0.15) is 12.3 Å². The summed E-state index contributed by atoms with van der Waals surface area (Å²) in [6.45, 7) is 5.79. The number of rotatable bonds is 10. The van der Waals surface area contributed by atoms with Crippen molar-refractivity contribution in [1.29, 1.82) is 0 Å². The molecule has 0 aromatic heterocycles. The monoisotopic (exact) mass is 479 g/mol. The van der Waals surface area contributed by atoms with Crippen LogP contribution in [0.2, 0.25) is 0 Å². The molecule has 0 unspecified atom stereocenters. The van der Waals surface area contributed by atoms with Gasteiger partial charge in [-0.25, -0.2) is 13.8 Å². The molecule has 1 N–H and O–H groups in total. The summed E-state index contributed by atoms with van der Waals surface area (Å²) in [7, 11) is -3.97. The lowest BCUT2D eigenvalue weighted by Crippen LogP contribution is -2.40.